The summed E-state index contributed by atoms with van der Waals surface area (Å²) in [4.78, 5) is 14.3. The molecule has 1 aromatic heterocycles. The number of aromatic nitrogens is 1. The van der Waals surface area contributed by atoms with Crippen molar-refractivity contribution in [2.75, 3.05) is 19.7 Å². The van der Waals surface area contributed by atoms with Crippen molar-refractivity contribution in [2.24, 2.45) is 0 Å². The Morgan fingerprint density at radius 1 is 1.42 bits per heavy atom. The Morgan fingerprint density at radius 2 is 2.21 bits per heavy atom. The molecule has 3 rings (SSSR count). The van der Waals surface area contributed by atoms with Crippen molar-refractivity contribution in [3.8, 4) is 0 Å². The lowest BCUT2D eigenvalue weighted by molar-refractivity contribution is 0.127. The van der Waals surface area contributed by atoms with Crippen molar-refractivity contribution in [1.82, 2.24) is 15.4 Å². The van der Waals surface area contributed by atoms with E-state index in [1.807, 2.05) is 32.0 Å². The molecule has 0 saturated carbocycles. The third-order valence-electron chi connectivity index (χ3n) is 4.68. The number of nitrogens with zero attached hydrogens (tertiary/aromatic N) is 2. The first-order valence-electron chi connectivity index (χ1n) is 8.26. The first-order chi connectivity index (χ1) is 11.6. The Kier molecular flexibility index (Phi) is 4.85. The summed E-state index contributed by atoms with van der Waals surface area (Å²) in [6.45, 7) is 4.82. The van der Waals surface area contributed by atoms with Crippen LogP contribution >= 0.6 is 0 Å². The van der Waals surface area contributed by atoms with Crippen LogP contribution in [0.25, 0.3) is 0 Å². The Hall–Kier alpha value is -2.34. The number of aliphatic hydroxyl groups is 1. The van der Waals surface area contributed by atoms with E-state index in [4.69, 9.17) is 4.52 Å². The number of carbonyl (C=O) groups excluding carboxylic acids is 1. The average molecular weight is 329 g/mol. The highest BCUT2D eigenvalue weighted by Gasteiger charge is 2.29. The van der Waals surface area contributed by atoms with E-state index >= 15 is 0 Å². The third-order valence-corrected chi connectivity index (χ3v) is 4.68. The van der Waals surface area contributed by atoms with Gasteiger partial charge in [0, 0.05) is 18.7 Å². The molecule has 2 amide bonds. The van der Waals surface area contributed by atoms with E-state index in [0.29, 0.717) is 19.5 Å². The maximum absolute atomic E-state index is 12.5. The topological polar surface area (TPSA) is 78.6 Å². The van der Waals surface area contributed by atoms with Gasteiger partial charge >= 0.3 is 6.03 Å². The second-order valence-corrected chi connectivity index (χ2v) is 6.13. The number of aliphatic hydroxyl groups excluding tert-OH is 1. The van der Waals surface area contributed by atoms with Crippen LogP contribution in [0.1, 0.15) is 34.2 Å². The summed E-state index contributed by atoms with van der Waals surface area (Å²) < 4.78 is 5.14. The Bertz CT molecular complexity index is 707. The van der Waals surface area contributed by atoms with E-state index in [2.05, 4.69) is 16.5 Å². The number of benzene rings is 1. The van der Waals surface area contributed by atoms with Crippen molar-refractivity contribution < 1.29 is 14.4 Å². The fourth-order valence-corrected chi connectivity index (χ4v) is 3.35. The van der Waals surface area contributed by atoms with E-state index in [0.717, 1.165) is 29.0 Å². The van der Waals surface area contributed by atoms with Gasteiger partial charge in [-0.25, -0.2) is 4.79 Å². The second kappa shape index (κ2) is 7.05. The number of fused-ring (bicyclic) bond motifs is 1. The zero-order chi connectivity index (χ0) is 17.1. The molecule has 2 N–H and O–H groups in total. The fraction of sp³-hybridized carbons (Fsp3) is 0.444. The highest BCUT2D eigenvalue weighted by molar-refractivity contribution is 5.75. The summed E-state index contributed by atoms with van der Waals surface area (Å²) in [5.74, 6) is 0.793. The SMILES string of the molecule is Cc1noc(C)c1CCNC(=O)N1CCc2ccccc2C1CO. The molecule has 6 heteroatoms. The molecule has 0 fully saturated rings. The number of rotatable bonds is 4. The number of hydrogen-bond donors (Lipinski definition) is 2. The largest absolute Gasteiger partial charge is 0.394 e. The fourth-order valence-electron chi connectivity index (χ4n) is 3.35. The molecule has 1 aliphatic rings. The first-order valence-corrected chi connectivity index (χ1v) is 8.26. The molecule has 2 heterocycles. The van der Waals surface area contributed by atoms with Gasteiger partial charge in [0.15, 0.2) is 0 Å². The van der Waals surface area contributed by atoms with Gasteiger partial charge in [-0.3, -0.25) is 0 Å². The van der Waals surface area contributed by atoms with Crippen LogP contribution in [-0.2, 0) is 12.8 Å². The molecule has 0 aliphatic carbocycles. The monoisotopic (exact) mass is 329 g/mol. The van der Waals surface area contributed by atoms with Gasteiger partial charge < -0.3 is 19.8 Å². The molecule has 1 aliphatic heterocycles. The van der Waals surface area contributed by atoms with Gasteiger partial charge in [0.1, 0.15) is 5.76 Å². The highest BCUT2D eigenvalue weighted by atomic mass is 16.5. The van der Waals surface area contributed by atoms with Crippen molar-refractivity contribution in [3.05, 3.63) is 52.4 Å². The molecular formula is C18H23N3O3. The molecule has 0 saturated heterocycles. The normalized spacial score (nSPS) is 16.8. The lowest BCUT2D eigenvalue weighted by Crippen LogP contribution is -2.47. The molecule has 128 valence electrons. The van der Waals surface area contributed by atoms with E-state index in [1.165, 1.54) is 5.56 Å². The van der Waals surface area contributed by atoms with Crippen LogP contribution in [0.2, 0.25) is 0 Å². The van der Waals surface area contributed by atoms with Crippen molar-refractivity contribution in [1.29, 1.82) is 0 Å². The summed E-state index contributed by atoms with van der Waals surface area (Å²) in [5, 5.41) is 16.6. The first kappa shape index (κ1) is 16.5. The van der Waals surface area contributed by atoms with Crippen LogP contribution < -0.4 is 5.32 Å². The maximum Gasteiger partial charge on any atom is 0.318 e. The number of nitrogens with one attached hydrogen (secondary N) is 1. The van der Waals surface area contributed by atoms with Crippen LogP contribution in [0.15, 0.2) is 28.8 Å². The van der Waals surface area contributed by atoms with Crippen LogP contribution in [0.4, 0.5) is 4.79 Å². The number of urea groups is 1. The smallest absolute Gasteiger partial charge is 0.318 e. The summed E-state index contributed by atoms with van der Waals surface area (Å²) in [6, 6.07) is 7.56. The van der Waals surface area contributed by atoms with Crippen molar-refractivity contribution in [3.63, 3.8) is 0 Å². The minimum Gasteiger partial charge on any atom is -0.394 e. The number of aryl methyl sites for hydroxylation is 2. The van der Waals surface area contributed by atoms with E-state index in [-0.39, 0.29) is 18.7 Å². The van der Waals surface area contributed by atoms with Gasteiger partial charge in [-0.15, -0.1) is 0 Å². The number of hydrogen-bond acceptors (Lipinski definition) is 4. The van der Waals surface area contributed by atoms with Crippen molar-refractivity contribution in [2.45, 2.75) is 32.7 Å². The third kappa shape index (κ3) is 3.14. The summed E-state index contributed by atoms with van der Waals surface area (Å²) in [7, 11) is 0. The van der Waals surface area contributed by atoms with Crippen LogP contribution in [0.5, 0.6) is 0 Å². The van der Waals surface area contributed by atoms with Gasteiger partial charge in [0.05, 0.1) is 18.3 Å². The molecule has 0 radical (unpaired) electrons. The number of carbonyl (C=O) groups is 1. The zero-order valence-electron chi connectivity index (χ0n) is 14.1. The Balaban J connectivity index is 1.63. The van der Waals surface area contributed by atoms with Gasteiger partial charge in [-0.2, -0.15) is 0 Å². The minimum absolute atomic E-state index is 0.0751. The Morgan fingerprint density at radius 3 is 2.92 bits per heavy atom. The van der Waals surface area contributed by atoms with Gasteiger partial charge in [0.25, 0.3) is 0 Å². The minimum atomic E-state index is -0.283. The predicted octanol–water partition coefficient (Wildman–Crippen LogP) is 2.14. The molecule has 2 aromatic rings. The molecule has 0 spiro atoms. The molecule has 1 aromatic carbocycles. The molecule has 24 heavy (non-hydrogen) atoms. The predicted molar refractivity (Wildman–Crippen MR) is 89.8 cm³/mol. The highest BCUT2D eigenvalue weighted by Crippen LogP contribution is 2.29. The Labute approximate surface area is 141 Å². The molecule has 0 bridgehead atoms. The average Bonchev–Trinajstić information content (AvgIpc) is 2.92. The molecule has 1 unspecified atom stereocenters. The summed E-state index contributed by atoms with van der Waals surface area (Å²) >= 11 is 0. The zero-order valence-corrected chi connectivity index (χ0v) is 14.1. The van der Waals surface area contributed by atoms with Gasteiger partial charge in [0.2, 0.25) is 0 Å². The lowest BCUT2D eigenvalue weighted by Gasteiger charge is -2.36. The van der Waals surface area contributed by atoms with E-state index < -0.39 is 0 Å². The molecule has 1 atom stereocenters. The van der Waals surface area contributed by atoms with Gasteiger partial charge in [-0.1, -0.05) is 29.4 Å². The van der Waals surface area contributed by atoms with Crippen LogP contribution in [0.3, 0.4) is 0 Å². The number of amides is 2. The van der Waals surface area contributed by atoms with E-state index in [1.54, 1.807) is 4.90 Å². The van der Waals surface area contributed by atoms with Crippen LogP contribution in [0, 0.1) is 13.8 Å². The van der Waals surface area contributed by atoms with Crippen molar-refractivity contribution >= 4 is 6.03 Å². The lowest BCUT2D eigenvalue weighted by atomic mass is 9.93. The molecule has 6 nitrogen and oxygen atoms in total. The standard InChI is InChI=1S/C18H23N3O3/c1-12-15(13(2)24-20-12)7-9-19-18(23)21-10-8-14-5-3-4-6-16(14)17(21)11-22/h3-6,17,22H,7-11H2,1-2H3,(H,19,23). The molecular weight excluding hydrogens is 306 g/mol. The second-order valence-electron chi connectivity index (χ2n) is 6.13. The maximum atomic E-state index is 12.5. The summed E-state index contributed by atoms with van der Waals surface area (Å²) in [5.41, 5.74) is 4.14. The van der Waals surface area contributed by atoms with E-state index in [9.17, 15) is 9.90 Å². The summed E-state index contributed by atoms with van der Waals surface area (Å²) in [6.07, 6.45) is 1.49. The van der Waals surface area contributed by atoms with Crippen LogP contribution in [-0.4, -0.2) is 40.9 Å². The quantitative estimate of drug-likeness (QED) is 0.901. The van der Waals surface area contributed by atoms with Gasteiger partial charge in [-0.05, 0) is 37.8 Å².